The fourth-order valence-corrected chi connectivity index (χ4v) is 3.24. The van der Waals surface area contributed by atoms with Crippen molar-refractivity contribution in [3.8, 4) is 5.69 Å². The van der Waals surface area contributed by atoms with Crippen molar-refractivity contribution in [2.75, 3.05) is 5.32 Å². The zero-order valence-electron chi connectivity index (χ0n) is 12.2. The molecule has 1 aromatic heterocycles. The van der Waals surface area contributed by atoms with Gasteiger partial charge in [-0.25, -0.2) is 4.68 Å². The lowest BCUT2D eigenvalue weighted by Gasteiger charge is -2.23. The molecule has 0 saturated heterocycles. The summed E-state index contributed by atoms with van der Waals surface area (Å²) in [6, 6.07) is 17.9. The summed E-state index contributed by atoms with van der Waals surface area (Å²) in [5.74, 6) is 0.813. The van der Waals surface area contributed by atoms with Crippen LogP contribution in [-0.4, -0.2) is 15.7 Å². The van der Waals surface area contributed by atoms with Gasteiger partial charge >= 0.3 is 0 Å². The molecule has 2 heterocycles. The number of carbonyl (C=O) groups is 1. The predicted octanol–water partition coefficient (Wildman–Crippen LogP) is 4.11. The average Bonchev–Trinajstić information content (AvgIpc) is 2.99. The highest BCUT2D eigenvalue weighted by atomic mass is 79.9. The Kier molecular flexibility index (Phi) is 3.50. The van der Waals surface area contributed by atoms with Crippen molar-refractivity contribution >= 4 is 27.7 Å². The van der Waals surface area contributed by atoms with E-state index < -0.39 is 0 Å². The van der Waals surface area contributed by atoms with Crippen LogP contribution in [0.1, 0.15) is 23.5 Å². The Morgan fingerprint density at radius 1 is 1.09 bits per heavy atom. The van der Waals surface area contributed by atoms with Crippen molar-refractivity contribution in [3.63, 3.8) is 0 Å². The standard InChI is InChI=1S/C18H14BrN3O/c19-13-8-6-12(7-9-13)15-10-17(23)21-18-16(15)11-20-22(18)14-4-2-1-3-5-14/h1-9,11,15H,10H2,(H,21,23)/t15-/m1/s1. The van der Waals surface area contributed by atoms with Crippen LogP contribution in [0.15, 0.2) is 65.3 Å². The molecule has 1 aliphatic rings. The van der Waals surface area contributed by atoms with E-state index in [1.807, 2.05) is 48.7 Å². The zero-order chi connectivity index (χ0) is 15.8. The summed E-state index contributed by atoms with van der Waals surface area (Å²) in [5, 5.41) is 7.46. The van der Waals surface area contributed by atoms with Crippen LogP contribution >= 0.6 is 15.9 Å². The van der Waals surface area contributed by atoms with Gasteiger partial charge in [-0.05, 0) is 29.8 Å². The molecular formula is C18H14BrN3O. The number of nitrogens with zero attached hydrogens (tertiary/aromatic N) is 2. The van der Waals surface area contributed by atoms with E-state index in [4.69, 9.17) is 0 Å². The van der Waals surface area contributed by atoms with Gasteiger partial charge in [-0.2, -0.15) is 5.10 Å². The first kappa shape index (κ1) is 14.2. The number of carbonyl (C=O) groups excluding carboxylic acids is 1. The normalized spacial score (nSPS) is 16.7. The second-order valence-corrected chi connectivity index (χ2v) is 6.47. The molecule has 114 valence electrons. The van der Waals surface area contributed by atoms with Crippen LogP contribution in [-0.2, 0) is 4.79 Å². The minimum absolute atomic E-state index is 0.0168. The van der Waals surface area contributed by atoms with E-state index in [0.717, 1.165) is 27.1 Å². The highest BCUT2D eigenvalue weighted by molar-refractivity contribution is 9.10. The Balaban J connectivity index is 1.81. The third-order valence-corrected chi connectivity index (χ3v) is 4.62. The number of fused-ring (bicyclic) bond motifs is 1. The maximum absolute atomic E-state index is 12.2. The second kappa shape index (κ2) is 5.66. The predicted molar refractivity (Wildman–Crippen MR) is 92.8 cm³/mol. The van der Waals surface area contributed by atoms with Gasteiger partial charge in [-0.15, -0.1) is 0 Å². The van der Waals surface area contributed by atoms with Gasteiger partial charge in [0.15, 0.2) is 0 Å². The Morgan fingerprint density at radius 2 is 1.83 bits per heavy atom. The molecule has 3 aromatic rings. The van der Waals surface area contributed by atoms with E-state index in [9.17, 15) is 4.79 Å². The topological polar surface area (TPSA) is 46.9 Å². The van der Waals surface area contributed by atoms with E-state index in [2.05, 4.69) is 38.5 Å². The number of hydrogen-bond acceptors (Lipinski definition) is 2. The molecule has 0 spiro atoms. The van der Waals surface area contributed by atoms with Crippen LogP contribution in [0.3, 0.4) is 0 Å². The molecule has 1 amide bonds. The summed E-state index contributed by atoms with van der Waals surface area (Å²) in [7, 11) is 0. The summed E-state index contributed by atoms with van der Waals surface area (Å²) in [4.78, 5) is 12.2. The van der Waals surface area contributed by atoms with Gasteiger partial charge in [0, 0.05) is 22.4 Å². The molecule has 0 aliphatic carbocycles. The molecule has 0 bridgehead atoms. The van der Waals surface area contributed by atoms with Gasteiger partial charge < -0.3 is 5.32 Å². The van der Waals surface area contributed by atoms with Crippen LogP contribution in [0.4, 0.5) is 5.82 Å². The van der Waals surface area contributed by atoms with Crippen molar-refractivity contribution in [3.05, 3.63) is 76.4 Å². The molecule has 0 saturated carbocycles. The first-order valence-electron chi connectivity index (χ1n) is 7.41. The Labute approximate surface area is 142 Å². The molecule has 1 aliphatic heterocycles. The minimum atomic E-state index is 0.0168. The first-order valence-corrected chi connectivity index (χ1v) is 8.20. The van der Waals surface area contributed by atoms with Crippen molar-refractivity contribution < 1.29 is 4.79 Å². The Hall–Kier alpha value is -2.40. The first-order chi connectivity index (χ1) is 11.2. The Bertz CT molecular complexity index is 856. The molecule has 5 heteroatoms. The number of halogens is 1. The van der Waals surface area contributed by atoms with Crippen molar-refractivity contribution in [1.29, 1.82) is 0 Å². The molecule has 4 nitrogen and oxygen atoms in total. The van der Waals surface area contributed by atoms with Crippen LogP contribution in [0.5, 0.6) is 0 Å². The quantitative estimate of drug-likeness (QED) is 0.740. The SMILES string of the molecule is O=C1C[C@H](c2ccc(Br)cc2)c2cnn(-c3ccccc3)c2N1. The molecular weight excluding hydrogens is 354 g/mol. The molecule has 0 radical (unpaired) electrons. The van der Waals surface area contributed by atoms with E-state index in [0.29, 0.717) is 6.42 Å². The molecule has 4 rings (SSSR count). The fraction of sp³-hybridized carbons (Fsp3) is 0.111. The molecule has 0 fully saturated rings. The maximum atomic E-state index is 12.2. The van der Waals surface area contributed by atoms with Gasteiger partial charge in [-0.1, -0.05) is 46.3 Å². The maximum Gasteiger partial charge on any atom is 0.226 e. The molecule has 23 heavy (non-hydrogen) atoms. The van der Waals surface area contributed by atoms with Gasteiger partial charge in [0.05, 0.1) is 11.9 Å². The molecule has 1 atom stereocenters. The van der Waals surface area contributed by atoms with Gasteiger partial charge in [0.1, 0.15) is 5.82 Å². The van der Waals surface area contributed by atoms with Crippen molar-refractivity contribution in [2.45, 2.75) is 12.3 Å². The number of benzene rings is 2. The van der Waals surface area contributed by atoms with Crippen molar-refractivity contribution in [2.24, 2.45) is 0 Å². The highest BCUT2D eigenvalue weighted by Gasteiger charge is 2.30. The lowest BCUT2D eigenvalue weighted by Crippen LogP contribution is -2.24. The summed E-state index contributed by atoms with van der Waals surface area (Å²) in [6.07, 6.45) is 2.30. The number of para-hydroxylation sites is 1. The number of aromatic nitrogens is 2. The fourth-order valence-electron chi connectivity index (χ4n) is 2.98. The largest absolute Gasteiger partial charge is 0.310 e. The molecule has 1 N–H and O–H groups in total. The van der Waals surface area contributed by atoms with E-state index in [1.54, 1.807) is 4.68 Å². The summed E-state index contributed by atoms with van der Waals surface area (Å²) in [5.41, 5.74) is 3.11. The van der Waals surface area contributed by atoms with Gasteiger partial charge in [0.2, 0.25) is 5.91 Å². The lowest BCUT2D eigenvalue weighted by molar-refractivity contribution is -0.116. The summed E-state index contributed by atoms with van der Waals surface area (Å²) in [6.45, 7) is 0. The van der Waals surface area contributed by atoms with Gasteiger partial charge in [0.25, 0.3) is 0 Å². The van der Waals surface area contributed by atoms with E-state index in [-0.39, 0.29) is 11.8 Å². The lowest BCUT2D eigenvalue weighted by atomic mass is 9.87. The summed E-state index contributed by atoms with van der Waals surface area (Å²) >= 11 is 3.45. The zero-order valence-corrected chi connectivity index (χ0v) is 13.8. The van der Waals surface area contributed by atoms with E-state index in [1.165, 1.54) is 0 Å². The minimum Gasteiger partial charge on any atom is -0.310 e. The van der Waals surface area contributed by atoms with Crippen LogP contribution in [0, 0.1) is 0 Å². The smallest absolute Gasteiger partial charge is 0.226 e. The molecule has 2 aromatic carbocycles. The summed E-state index contributed by atoms with van der Waals surface area (Å²) < 4.78 is 2.82. The number of anilines is 1. The van der Waals surface area contributed by atoms with Crippen LogP contribution in [0.25, 0.3) is 5.69 Å². The van der Waals surface area contributed by atoms with E-state index >= 15 is 0 Å². The van der Waals surface area contributed by atoms with Crippen LogP contribution < -0.4 is 5.32 Å². The van der Waals surface area contributed by atoms with Gasteiger partial charge in [-0.3, -0.25) is 4.79 Å². The number of amides is 1. The monoisotopic (exact) mass is 367 g/mol. The Morgan fingerprint density at radius 3 is 2.57 bits per heavy atom. The number of rotatable bonds is 2. The average molecular weight is 368 g/mol. The second-order valence-electron chi connectivity index (χ2n) is 5.55. The third-order valence-electron chi connectivity index (χ3n) is 4.09. The third kappa shape index (κ3) is 2.57. The molecule has 0 unspecified atom stereocenters. The van der Waals surface area contributed by atoms with Crippen LogP contribution in [0.2, 0.25) is 0 Å². The highest BCUT2D eigenvalue weighted by Crippen LogP contribution is 2.38. The van der Waals surface area contributed by atoms with Crippen molar-refractivity contribution in [1.82, 2.24) is 9.78 Å². The number of hydrogen-bond donors (Lipinski definition) is 1. The number of nitrogens with one attached hydrogen (secondary N) is 1.